The van der Waals surface area contributed by atoms with Crippen LogP contribution in [-0.4, -0.2) is 9.82 Å². The lowest BCUT2D eigenvalue weighted by Gasteiger charge is -2.30. The van der Waals surface area contributed by atoms with Gasteiger partial charge in [0, 0.05) is 28.3 Å². The number of hydrogen-bond acceptors (Lipinski definition) is 3. The van der Waals surface area contributed by atoms with Crippen molar-refractivity contribution in [3.63, 3.8) is 0 Å². The van der Waals surface area contributed by atoms with E-state index < -0.39 is 0 Å². The minimum absolute atomic E-state index is 0.535. The molecule has 4 nitrogen and oxygen atoms in total. The average Bonchev–Trinajstić information content (AvgIpc) is 2.20. The van der Waals surface area contributed by atoms with Crippen molar-refractivity contribution in [3.05, 3.63) is 70.4 Å². The third-order valence-electron chi connectivity index (χ3n) is 1.92. The maximum atomic E-state index is 11.3. The maximum Gasteiger partial charge on any atom is 0.228 e. The molecule has 0 bridgehead atoms. The Balaban J connectivity index is 2.37. The van der Waals surface area contributed by atoms with Crippen molar-refractivity contribution in [2.24, 2.45) is 0 Å². The molecular formula is C10H8N2O2. The van der Waals surface area contributed by atoms with Crippen molar-refractivity contribution in [1.82, 2.24) is 5.06 Å². The highest BCUT2D eigenvalue weighted by atomic mass is 16.5. The first-order valence-corrected chi connectivity index (χ1v) is 4.15. The van der Waals surface area contributed by atoms with Gasteiger partial charge in [-0.2, -0.15) is 0 Å². The molecule has 14 heavy (non-hydrogen) atoms. The summed E-state index contributed by atoms with van der Waals surface area (Å²) < 4.78 is 0.682. The first kappa shape index (κ1) is 8.65. The van der Waals surface area contributed by atoms with Gasteiger partial charge in [0.1, 0.15) is 0 Å². The summed E-state index contributed by atoms with van der Waals surface area (Å²) in [5.74, 6) is 0. The van der Waals surface area contributed by atoms with E-state index in [1.165, 1.54) is 18.6 Å². The molecule has 2 heterocycles. The molecule has 0 atom stereocenters. The van der Waals surface area contributed by atoms with Gasteiger partial charge in [0.05, 0.1) is 4.76 Å². The van der Waals surface area contributed by atoms with Crippen LogP contribution in [0.5, 0.6) is 0 Å². The van der Waals surface area contributed by atoms with E-state index in [-0.39, 0.29) is 0 Å². The summed E-state index contributed by atoms with van der Waals surface area (Å²) >= 11 is 0. The lowest BCUT2D eigenvalue weighted by molar-refractivity contribution is -0.403. The Morgan fingerprint density at radius 1 is 1.14 bits per heavy atom. The fourth-order valence-electron chi connectivity index (χ4n) is 1.24. The van der Waals surface area contributed by atoms with Gasteiger partial charge in [-0.1, -0.05) is 6.08 Å². The molecule has 0 aliphatic carbocycles. The van der Waals surface area contributed by atoms with Gasteiger partial charge in [0.15, 0.2) is 0 Å². The van der Waals surface area contributed by atoms with E-state index in [1.54, 1.807) is 30.4 Å². The van der Waals surface area contributed by atoms with Crippen molar-refractivity contribution >= 4 is 0 Å². The van der Waals surface area contributed by atoms with Crippen LogP contribution in [0.1, 0.15) is 0 Å². The van der Waals surface area contributed by atoms with Crippen molar-refractivity contribution < 1.29 is 4.76 Å². The van der Waals surface area contributed by atoms with Crippen molar-refractivity contribution in [2.45, 2.75) is 0 Å². The molecule has 0 radical (unpaired) electrons. The minimum Gasteiger partial charge on any atom is -0.754 e. The molecule has 0 saturated heterocycles. The topological polar surface area (TPSA) is 46.4 Å². The van der Waals surface area contributed by atoms with Crippen LogP contribution in [0.3, 0.4) is 0 Å². The van der Waals surface area contributed by atoms with E-state index in [4.69, 9.17) is 0 Å². The maximum absolute atomic E-state index is 11.3. The van der Waals surface area contributed by atoms with Gasteiger partial charge >= 0.3 is 0 Å². The predicted octanol–water partition coefficient (Wildman–Crippen LogP) is 1.94. The molecule has 0 fully saturated rings. The third-order valence-corrected chi connectivity index (χ3v) is 1.92. The zero-order valence-corrected chi connectivity index (χ0v) is 7.33. The first-order chi connectivity index (χ1) is 6.77. The lowest BCUT2D eigenvalue weighted by Crippen LogP contribution is -2.10. The summed E-state index contributed by atoms with van der Waals surface area (Å²) in [6.45, 7) is 0. The second-order valence-electron chi connectivity index (χ2n) is 2.86. The Labute approximate surface area is 81.0 Å². The quantitative estimate of drug-likeness (QED) is 0.546. The largest absolute Gasteiger partial charge is 0.754 e. The second kappa shape index (κ2) is 3.43. The molecule has 2 rings (SSSR count). The standard InChI is InChI=1S/C10H8N2O2/c13-11-7-4-9(5-8-11)10-3-1-2-6-12(10)14/h1-8H. The third kappa shape index (κ3) is 1.55. The number of hydrogen-bond donors (Lipinski definition) is 0. The molecule has 70 valence electrons. The molecule has 0 saturated carbocycles. The Bertz CT molecular complexity index is 396. The molecule has 2 aliphatic heterocycles. The summed E-state index contributed by atoms with van der Waals surface area (Å²) in [4.78, 5) is 10.8. The van der Waals surface area contributed by atoms with Crippen LogP contribution in [0.2, 0.25) is 0 Å². The van der Waals surface area contributed by atoms with Gasteiger partial charge in [-0.15, -0.1) is 0 Å². The monoisotopic (exact) mass is 188 g/mol. The molecule has 4 heteroatoms. The van der Waals surface area contributed by atoms with Crippen LogP contribution in [0.25, 0.3) is 0 Å². The molecule has 0 unspecified atom stereocenters. The lowest BCUT2D eigenvalue weighted by atomic mass is 10.1. The van der Waals surface area contributed by atoms with Gasteiger partial charge in [-0.05, 0) is 18.4 Å². The van der Waals surface area contributed by atoms with Crippen molar-refractivity contribution in [1.29, 1.82) is 0 Å². The van der Waals surface area contributed by atoms with Crippen molar-refractivity contribution in [3.8, 4) is 0 Å². The van der Waals surface area contributed by atoms with E-state index in [0.29, 0.717) is 10.5 Å². The predicted molar refractivity (Wildman–Crippen MR) is 52.4 cm³/mol. The molecule has 0 spiro atoms. The molecule has 0 aromatic carbocycles. The number of nitrogens with zero attached hydrogens (tertiary/aromatic N) is 2. The molecule has 2 aliphatic rings. The first-order valence-electron chi connectivity index (χ1n) is 4.15. The summed E-state index contributed by atoms with van der Waals surface area (Å²) in [6, 6.07) is 0. The SMILES string of the molecule is O=[N+]1C=CC(=C2C=CC=CN2[O-])C=C1. The van der Waals surface area contributed by atoms with Crippen LogP contribution in [-0.2, 0) is 0 Å². The summed E-state index contributed by atoms with van der Waals surface area (Å²) in [5.41, 5.74) is 1.26. The highest BCUT2D eigenvalue weighted by Crippen LogP contribution is 2.19. The van der Waals surface area contributed by atoms with Gasteiger partial charge in [-0.3, -0.25) is 0 Å². The van der Waals surface area contributed by atoms with E-state index in [9.17, 15) is 10.1 Å². The highest BCUT2D eigenvalue weighted by Gasteiger charge is 2.09. The summed E-state index contributed by atoms with van der Waals surface area (Å²) in [7, 11) is 0. The average molecular weight is 188 g/mol. The molecule has 0 aromatic heterocycles. The normalized spacial score (nSPS) is 19.8. The van der Waals surface area contributed by atoms with E-state index in [1.807, 2.05) is 0 Å². The minimum atomic E-state index is 0.535. The Morgan fingerprint density at radius 2 is 1.86 bits per heavy atom. The molecular weight excluding hydrogens is 180 g/mol. The van der Waals surface area contributed by atoms with E-state index in [0.717, 1.165) is 10.6 Å². The fraction of sp³-hybridized carbons (Fsp3) is 0. The second-order valence-corrected chi connectivity index (χ2v) is 2.86. The van der Waals surface area contributed by atoms with Crippen LogP contribution in [0.15, 0.2) is 60.3 Å². The van der Waals surface area contributed by atoms with Crippen LogP contribution in [0, 0.1) is 10.1 Å². The van der Waals surface area contributed by atoms with Crippen LogP contribution >= 0.6 is 0 Å². The Kier molecular flexibility index (Phi) is 2.12. The smallest absolute Gasteiger partial charge is 0.228 e. The van der Waals surface area contributed by atoms with E-state index in [2.05, 4.69) is 0 Å². The van der Waals surface area contributed by atoms with Gasteiger partial charge in [-0.25, -0.2) is 0 Å². The van der Waals surface area contributed by atoms with Gasteiger partial charge in [0.25, 0.3) is 0 Å². The van der Waals surface area contributed by atoms with Crippen LogP contribution < -0.4 is 0 Å². The Hall–Kier alpha value is -1.94. The Morgan fingerprint density at radius 3 is 2.50 bits per heavy atom. The summed E-state index contributed by atoms with van der Waals surface area (Å²) in [5, 5.41) is 12.1. The van der Waals surface area contributed by atoms with Crippen LogP contribution in [0.4, 0.5) is 0 Å². The number of allylic oxidation sites excluding steroid dienone is 6. The molecule has 0 aromatic rings. The molecule has 0 amide bonds. The summed E-state index contributed by atoms with van der Waals surface area (Å²) in [6.07, 6.45) is 12.5. The zero-order chi connectivity index (χ0) is 9.97. The van der Waals surface area contributed by atoms with Gasteiger partial charge < -0.3 is 10.3 Å². The number of hydroxylamine groups is 2. The number of nitroso groups, excluding NO2 is 1. The zero-order valence-electron chi connectivity index (χ0n) is 7.33. The molecule has 0 N–H and O–H groups in total. The highest BCUT2D eigenvalue weighted by molar-refractivity contribution is 5.43. The van der Waals surface area contributed by atoms with Crippen molar-refractivity contribution in [2.75, 3.05) is 0 Å². The number of rotatable bonds is 0. The fourth-order valence-corrected chi connectivity index (χ4v) is 1.24. The van der Waals surface area contributed by atoms with E-state index >= 15 is 0 Å². The van der Waals surface area contributed by atoms with Gasteiger partial charge in [0.2, 0.25) is 12.4 Å².